The Kier molecular flexibility index (Phi) is 7.30. The first kappa shape index (κ1) is 18.9. The Morgan fingerprint density at radius 2 is 2.27 bits per heavy atom. The van der Waals surface area contributed by atoms with Gasteiger partial charge in [0, 0.05) is 6.04 Å². The summed E-state index contributed by atoms with van der Waals surface area (Å²) >= 11 is 0. The number of nitrogens with one attached hydrogen (secondary N) is 2. The highest BCUT2D eigenvalue weighted by Crippen LogP contribution is 2.16. The molecule has 1 saturated heterocycles. The second-order valence-electron chi connectivity index (χ2n) is 5.58. The zero-order valence-corrected chi connectivity index (χ0v) is 14.2. The summed E-state index contributed by atoms with van der Waals surface area (Å²) in [4.78, 5) is 0. The van der Waals surface area contributed by atoms with Crippen LogP contribution in [-0.4, -0.2) is 27.5 Å². The summed E-state index contributed by atoms with van der Waals surface area (Å²) < 4.78 is 27.2. The minimum absolute atomic E-state index is 0. The molecule has 2 rings (SSSR count). The van der Waals surface area contributed by atoms with Gasteiger partial charge in [-0.2, -0.15) is 5.26 Å². The van der Waals surface area contributed by atoms with Crippen molar-refractivity contribution < 1.29 is 8.42 Å². The Morgan fingerprint density at radius 1 is 1.50 bits per heavy atom. The molecule has 1 heterocycles. The van der Waals surface area contributed by atoms with E-state index in [0.29, 0.717) is 17.0 Å². The molecule has 0 radical (unpaired) electrons. The molecule has 2 atom stereocenters. The lowest BCUT2D eigenvalue weighted by molar-refractivity contribution is 0.320. The van der Waals surface area contributed by atoms with Crippen molar-refractivity contribution in [3.05, 3.63) is 35.4 Å². The SMILES string of the molecule is CC(NS(=O)(=O)Cc1cccc(C#N)c1)C1CCCNC1.Cl. The van der Waals surface area contributed by atoms with E-state index in [1.54, 1.807) is 24.3 Å². The van der Waals surface area contributed by atoms with Crippen LogP contribution in [0.3, 0.4) is 0 Å². The van der Waals surface area contributed by atoms with Crippen LogP contribution in [0.25, 0.3) is 0 Å². The number of nitrogens with zero attached hydrogens (tertiary/aromatic N) is 1. The van der Waals surface area contributed by atoms with Gasteiger partial charge in [-0.25, -0.2) is 13.1 Å². The number of hydrogen-bond donors (Lipinski definition) is 2. The zero-order chi connectivity index (χ0) is 15.3. The van der Waals surface area contributed by atoms with Gasteiger partial charge in [-0.15, -0.1) is 12.4 Å². The molecule has 0 bridgehead atoms. The third-order valence-electron chi connectivity index (χ3n) is 3.82. The van der Waals surface area contributed by atoms with Crippen LogP contribution in [0.4, 0.5) is 0 Å². The van der Waals surface area contributed by atoms with Crippen LogP contribution in [0.2, 0.25) is 0 Å². The molecule has 0 aliphatic carbocycles. The number of hydrogen-bond acceptors (Lipinski definition) is 4. The Labute approximate surface area is 138 Å². The van der Waals surface area contributed by atoms with Gasteiger partial charge in [-0.1, -0.05) is 12.1 Å². The highest BCUT2D eigenvalue weighted by atomic mass is 35.5. The van der Waals surface area contributed by atoms with Gasteiger partial charge in [0.05, 0.1) is 17.4 Å². The molecule has 1 fully saturated rings. The molecule has 2 N–H and O–H groups in total. The van der Waals surface area contributed by atoms with E-state index < -0.39 is 10.0 Å². The van der Waals surface area contributed by atoms with E-state index in [1.807, 2.05) is 13.0 Å². The number of rotatable bonds is 5. The maximum atomic E-state index is 12.2. The summed E-state index contributed by atoms with van der Waals surface area (Å²) in [6.07, 6.45) is 2.13. The topological polar surface area (TPSA) is 82.0 Å². The van der Waals surface area contributed by atoms with Crippen molar-refractivity contribution >= 4 is 22.4 Å². The van der Waals surface area contributed by atoms with Crippen LogP contribution in [0, 0.1) is 17.2 Å². The van der Waals surface area contributed by atoms with Gasteiger partial charge in [0.2, 0.25) is 10.0 Å². The molecule has 1 aromatic rings. The fourth-order valence-corrected chi connectivity index (χ4v) is 4.14. The molecule has 0 aromatic heterocycles. The van der Waals surface area contributed by atoms with Gasteiger partial charge in [0.25, 0.3) is 0 Å². The average molecular weight is 344 g/mol. The zero-order valence-electron chi connectivity index (χ0n) is 12.6. The molecular formula is C15H22ClN3O2S. The van der Waals surface area contributed by atoms with Crippen molar-refractivity contribution in [1.29, 1.82) is 5.26 Å². The number of benzene rings is 1. The fourth-order valence-electron chi connectivity index (χ4n) is 2.68. The Morgan fingerprint density at radius 3 is 2.91 bits per heavy atom. The van der Waals surface area contributed by atoms with Crippen LogP contribution < -0.4 is 10.0 Å². The highest BCUT2D eigenvalue weighted by molar-refractivity contribution is 7.88. The molecule has 1 aliphatic rings. The Bertz CT molecular complexity index is 622. The van der Waals surface area contributed by atoms with E-state index >= 15 is 0 Å². The van der Waals surface area contributed by atoms with Gasteiger partial charge < -0.3 is 5.32 Å². The molecule has 5 nitrogen and oxygen atoms in total. The minimum Gasteiger partial charge on any atom is -0.316 e. The minimum atomic E-state index is -3.40. The summed E-state index contributed by atoms with van der Waals surface area (Å²) in [6.45, 7) is 3.78. The van der Waals surface area contributed by atoms with E-state index in [-0.39, 0.29) is 24.2 Å². The monoisotopic (exact) mass is 343 g/mol. The molecule has 0 saturated carbocycles. The lowest BCUT2D eigenvalue weighted by Gasteiger charge is -2.28. The van der Waals surface area contributed by atoms with E-state index in [4.69, 9.17) is 5.26 Å². The van der Waals surface area contributed by atoms with E-state index in [9.17, 15) is 8.42 Å². The first-order valence-electron chi connectivity index (χ1n) is 7.20. The summed E-state index contributed by atoms with van der Waals surface area (Å²) in [5, 5.41) is 12.1. The number of nitriles is 1. The van der Waals surface area contributed by atoms with Gasteiger partial charge in [-0.3, -0.25) is 0 Å². The molecule has 7 heteroatoms. The summed E-state index contributed by atoms with van der Waals surface area (Å²) in [7, 11) is -3.40. The van der Waals surface area contributed by atoms with Crippen LogP contribution in [0.15, 0.2) is 24.3 Å². The van der Waals surface area contributed by atoms with Gasteiger partial charge in [0.1, 0.15) is 0 Å². The molecule has 22 heavy (non-hydrogen) atoms. The fraction of sp³-hybridized carbons (Fsp3) is 0.533. The van der Waals surface area contributed by atoms with Crippen molar-refractivity contribution in [3.8, 4) is 6.07 Å². The summed E-state index contributed by atoms with van der Waals surface area (Å²) in [5.74, 6) is 0.242. The highest BCUT2D eigenvalue weighted by Gasteiger charge is 2.24. The normalized spacial score (nSPS) is 19.7. The smallest absolute Gasteiger partial charge is 0.216 e. The molecule has 2 unspecified atom stereocenters. The summed E-state index contributed by atoms with van der Waals surface area (Å²) in [5.41, 5.74) is 1.11. The van der Waals surface area contributed by atoms with Crippen LogP contribution in [0.5, 0.6) is 0 Å². The molecular weight excluding hydrogens is 322 g/mol. The second-order valence-corrected chi connectivity index (χ2v) is 7.34. The Balaban J connectivity index is 0.00000242. The van der Waals surface area contributed by atoms with Crippen LogP contribution in [0.1, 0.15) is 30.9 Å². The molecule has 0 amide bonds. The number of piperidine rings is 1. The number of halogens is 1. The van der Waals surface area contributed by atoms with Crippen molar-refractivity contribution in [3.63, 3.8) is 0 Å². The molecule has 1 aliphatic heterocycles. The first-order chi connectivity index (χ1) is 10.00. The van der Waals surface area contributed by atoms with Crippen LogP contribution in [-0.2, 0) is 15.8 Å². The third kappa shape index (κ3) is 5.58. The van der Waals surface area contributed by atoms with Crippen LogP contribution >= 0.6 is 12.4 Å². The Hall–Kier alpha value is -1.13. The van der Waals surface area contributed by atoms with Crippen molar-refractivity contribution in [2.24, 2.45) is 5.92 Å². The predicted octanol–water partition coefficient (Wildman–Crippen LogP) is 1.79. The number of sulfonamides is 1. The average Bonchev–Trinajstić information content (AvgIpc) is 2.47. The van der Waals surface area contributed by atoms with Crippen molar-refractivity contribution in [2.75, 3.05) is 13.1 Å². The lowest BCUT2D eigenvalue weighted by atomic mass is 9.94. The molecule has 0 spiro atoms. The second kappa shape index (κ2) is 8.49. The standard InChI is InChI=1S/C15H21N3O2S.ClH/c1-12(15-6-3-7-17-10-15)18-21(19,20)11-14-5-2-4-13(8-14)9-16;/h2,4-5,8,12,15,17-18H,3,6-7,10-11H2,1H3;1H. The van der Waals surface area contributed by atoms with Crippen molar-refractivity contribution in [2.45, 2.75) is 31.6 Å². The largest absolute Gasteiger partial charge is 0.316 e. The van der Waals surface area contributed by atoms with Crippen molar-refractivity contribution in [1.82, 2.24) is 10.0 Å². The van der Waals surface area contributed by atoms with E-state index in [0.717, 1.165) is 25.9 Å². The van der Waals surface area contributed by atoms with Gasteiger partial charge in [-0.05, 0) is 56.5 Å². The maximum absolute atomic E-state index is 12.2. The van der Waals surface area contributed by atoms with Gasteiger partial charge >= 0.3 is 0 Å². The first-order valence-corrected chi connectivity index (χ1v) is 8.85. The lowest BCUT2D eigenvalue weighted by Crippen LogP contribution is -2.44. The molecule has 1 aromatic carbocycles. The third-order valence-corrected chi connectivity index (χ3v) is 5.26. The predicted molar refractivity (Wildman–Crippen MR) is 89.2 cm³/mol. The summed E-state index contributed by atoms with van der Waals surface area (Å²) in [6, 6.07) is 8.66. The van der Waals surface area contributed by atoms with E-state index in [2.05, 4.69) is 10.0 Å². The maximum Gasteiger partial charge on any atom is 0.216 e. The van der Waals surface area contributed by atoms with Gasteiger partial charge in [0.15, 0.2) is 0 Å². The molecule has 122 valence electrons. The quantitative estimate of drug-likeness (QED) is 0.854. The van der Waals surface area contributed by atoms with E-state index in [1.165, 1.54) is 0 Å².